The van der Waals surface area contributed by atoms with Gasteiger partial charge in [-0.25, -0.2) is 4.98 Å². The second-order valence-corrected chi connectivity index (χ2v) is 8.23. The van der Waals surface area contributed by atoms with E-state index in [-0.39, 0.29) is 25.2 Å². The summed E-state index contributed by atoms with van der Waals surface area (Å²) in [6.07, 6.45) is 0. The van der Waals surface area contributed by atoms with E-state index in [1.165, 1.54) is 11.3 Å². The molecule has 0 radical (unpaired) electrons. The summed E-state index contributed by atoms with van der Waals surface area (Å²) in [6.45, 7) is -0.0548. The molecular weight excluding hydrogens is 438 g/mol. The molecule has 0 fully saturated rings. The van der Waals surface area contributed by atoms with Crippen molar-refractivity contribution in [1.29, 1.82) is 0 Å². The Morgan fingerprint density at radius 3 is 2.33 bits per heavy atom. The Morgan fingerprint density at radius 2 is 1.58 bits per heavy atom. The summed E-state index contributed by atoms with van der Waals surface area (Å²) in [4.78, 5) is 30.6. The lowest BCUT2D eigenvalue weighted by Crippen LogP contribution is -2.32. The summed E-state index contributed by atoms with van der Waals surface area (Å²) in [5.74, 6) is 0.364. The topological polar surface area (TPSA) is 89.6 Å². The summed E-state index contributed by atoms with van der Waals surface area (Å²) in [5, 5.41) is 5.89. The largest absolute Gasteiger partial charge is 0.454 e. The van der Waals surface area contributed by atoms with E-state index in [1.807, 2.05) is 60.7 Å². The van der Waals surface area contributed by atoms with Crippen LogP contribution in [0.1, 0.15) is 10.4 Å². The number of hydrogen-bond acceptors (Lipinski definition) is 6. The SMILES string of the molecule is O=C(CNC(=O)c1ccc2c(c1)OCO2)Nc1nc(-c2ccccc2)c(-c2ccccc2)s1. The number of benzene rings is 3. The van der Waals surface area contributed by atoms with Crippen molar-refractivity contribution in [3.63, 3.8) is 0 Å². The lowest BCUT2D eigenvalue weighted by atomic mass is 10.1. The van der Waals surface area contributed by atoms with Crippen molar-refractivity contribution in [2.24, 2.45) is 0 Å². The summed E-state index contributed by atoms with van der Waals surface area (Å²) >= 11 is 1.39. The maximum Gasteiger partial charge on any atom is 0.251 e. The van der Waals surface area contributed by atoms with Crippen molar-refractivity contribution in [3.05, 3.63) is 84.4 Å². The third-order valence-corrected chi connectivity index (χ3v) is 6.02. The molecule has 5 rings (SSSR count). The first-order valence-corrected chi connectivity index (χ1v) is 11.1. The second kappa shape index (κ2) is 9.13. The van der Waals surface area contributed by atoms with Gasteiger partial charge in [-0.1, -0.05) is 72.0 Å². The monoisotopic (exact) mass is 457 g/mol. The van der Waals surface area contributed by atoms with Crippen molar-refractivity contribution in [3.8, 4) is 33.2 Å². The highest BCUT2D eigenvalue weighted by Crippen LogP contribution is 2.38. The number of carbonyl (C=O) groups is 2. The van der Waals surface area contributed by atoms with E-state index in [9.17, 15) is 9.59 Å². The minimum atomic E-state index is -0.377. The van der Waals surface area contributed by atoms with E-state index in [0.29, 0.717) is 22.2 Å². The molecule has 8 heteroatoms. The van der Waals surface area contributed by atoms with Crippen LogP contribution in [0.15, 0.2) is 78.9 Å². The Bertz CT molecular complexity index is 1250. The predicted octanol–water partition coefficient (Wildman–Crippen LogP) is 4.57. The summed E-state index contributed by atoms with van der Waals surface area (Å²) in [6, 6.07) is 24.6. The van der Waals surface area contributed by atoms with Gasteiger partial charge in [0.15, 0.2) is 16.6 Å². The van der Waals surface area contributed by atoms with Crippen LogP contribution in [-0.2, 0) is 4.79 Å². The zero-order chi connectivity index (χ0) is 22.6. The van der Waals surface area contributed by atoms with Gasteiger partial charge in [-0.05, 0) is 23.8 Å². The molecule has 2 N–H and O–H groups in total. The van der Waals surface area contributed by atoms with Gasteiger partial charge in [0.25, 0.3) is 5.91 Å². The number of anilines is 1. The van der Waals surface area contributed by atoms with Crippen LogP contribution in [-0.4, -0.2) is 30.1 Å². The van der Waals surface area contributed by atoms with Crippen LogP contribution in [0.2, 0.25) is 0 Å². The normalized spacial score (nSPS) is 11.8. The number of fused-ring (bicyclic) bond motifs is 1. The molecule has 0 spiro atoms. The molecule has 0 aliphatic carbocycles. The van der Waals surface area contributed by atoms with Gasteiger partial charge in [-0.3, -0.25) is 9.59 Å². The fraction of sp³-hybridized carbons (Fsp3) is 0.0800. The second-order valence-electron chi connectivity index (χ2n) is 7.23. The smallest absolute Gasteiger partial charge is 0.251 e. The molecule has 2 heterocycles. The Morgan fingerprint density at radius 1 is 0.879 bits per heavy atom. The number of hydrogen-bond donors (Lipinski definition) is 2. The van der Waals surface area contributed by atoms with Crippen LogP contribution in [0, 0.1) is 0 Å². The molecular formula is C25H19N3O4S. The number of nitrogens with one attached hydrogen (secondary N) is 2. The van der Waals surface area contributed by atoms with Crippen molar-refractivity contribution in [2.75, 3.05) is 18.7 Å². The van der Waals surface area contributed by atoms with Crippen LogP contribution < -0.4 is 20.1 Å². The van der Waals surface area contributed by atoms with E-state index in [2.05, 4.69) is 15.6 Å². The van der Waals surface area contributed by atoms with Crippen molar-refractivity contribution in [2.45, 2.75) is 0 Å². The number of nitrogens with zero attached hydrogens (tertiary/aromatic N) is 1. The molecule has 0 saturated heterocycles. The number of rotatable bonds is 6. The Kier molecular flexibility index (Phi) is 5.73. The molecule has 0 unspecified atom stereocenters. The van der Waals surface area contributed by atoms with Gasteiger partial charge in [0, 0.05) is 11.1 Å². The van der Waals surface area contributed by atoms with Crippen molar-refractivity contribution >= 4 is 28.3 Å². The lowest BCUT2D eigenvalue weighted by Gasteiger charge is -2.06. The lowest BCUT2D eigenvalue weighted by molar-refractivity contribution is -0.115. The first kappa shape index (κ1) is 20.7. The summed E-state index contributed by atoms with van der Waals surface area (Å²) in [7, 11) is 0. The number of amides is 2. The van der Waals surface area contributed by atoms with E-state index < -0.39 is 0 Å². The molecule has 164 valence electrons. The molecule has 0 saturated carbocycles. The predicted molar refractivity (Wildman–Crippen MR) is 127 cm³/mol. The fourth-order valence-electron chi connectivity index (χ4n) is 3.41. The first-order valence-electron chi connectivity index (χ1n) is 10.3. The molecule has 4 aromatic rings. The third-order valence-electron chi connectivity index (χ3n) is 5.00. The maximum absolute atomic E-state index is 12.5. The Labute approximate surface area is 194 Å². The van der Waals surface area contributed by atoms with E-state index in [4.69, 9.17) is 9.47 Å². The van der Waals surface area contributed by atoms with Crippen molar-refractivity contribution < 1.29 is 19.1 Å². The van der Waals surface area contributed by atoms with Gasteiger partial charge in [0.1, 0.15) is 0 Å². The molecule has 7 nitrogen and oxygen atoms in total. The Hall–Kier alpha value is -4.17. The van der Waals surface area contributed by atoms with Crippen LogP contribution in [0.3, 0.4) is 0 Å². The van der Waals surface area contributed by atoms with Crippen LogP contribution in [0.5, 0.6) is 11.5 Å². The molecule has 2 amide bonds. The fourth-order valence-corrected chi connectivity index (χ4v) is 4.42. The van der Waals surface area contributed by atoms with Gasteiger partial charge < -0.3 is 20.1 Å². The number of aromatic nitrogens is 1. The van der Waals surface area contributed by atoms with Gasteiger partial charge in [0.2, 0.25) is 12.7 Å². The summed E-state index contributed by atoms with van der Waals surface area (Å²) < 4.78 is 10.5. The number of carbonyl (C=O) groups excluding carboxylic acids is 2. The number of thiazole rings is 1. The van der Waals surface area contributed by atoms with Gasteiger partial charge in [-0.15, -0.1) is 0 Å². The van der Waals surface area contributed by atoms with E-state index >= 15 is 0 Å². The maximum atomic E-state index is 12.5. The van der Waals surface area contributed by atoms with Crippen LogP contribution in [0.4, 0.5) is 5.13 Å². The van der Waals surface area contributed by atoms with E-state index in [1.54, 1.807) is 18.2 Å². The first-order chi connectivity index (χ1) is 16.2. The molecule has 1 aromatic heterocycles. The minimum absolute atomic E-state index is 0.132. The van der Waals surface area contributed by atoms with Gasteiger partial charge >= 0.3 is 0 Å². The van der Waals surface area contributed by atoms with Gasteiger partial charge in [0.05, 0.1) is 17.1 Å². The Balaban J connectivity index is 1.29. The standard InChI is InChI=1S/C25H19N3O4S/c29-21(14-26-24(30)18-11-12-19-20(13-18)32-15-31-19)27-25-28-22(16-7-3-1-4-8-16)23(33-25)17-9-5-2-6-10-17/h1-13H,14-15H2,(H,26,30)(H,27,28,29). The highest BCUT2D eigenvalue weighted by molar-refractivity contribution is 7.19. The zero-order valence-electron chi connectivity index (χ0n) is 17.4. The summed E-state index contributed by atoms with van der Waals surface area (Å²) in [5.41, 5.74) is 3.17. The van der Waals surface area contributed by atoms with Gasteiger partial charge in [-0.2, -0.15) is 0 Å². The molecule has 0 bridgehead atoms. The van der Waals surface area contributed by atoms with Crippen molar-refractivity contribution in [1.82, 2.24) is 10.3 Å². The zero-order valence-corrected chi connectivity index (χ0v) is 18.2. The minimum Gasteiger partial charge on any atom is -0.454 e. The molecule has 1 aliphatic heterocycles. The highest BCUT2D eigenvalue weighted by Gasteiger charge is 2.18. The number of ether oxygens (including phenoxy) is 2. The molecule has 33 heavy (non-hydrogen) atoms. The highest BCUT2D eigenvalue weighted by atomic mass is 32.1. The molecule has 0 atom stereocenters. The molecule has 1 aliphatic rings. The van der Waals surface area contributed by atoms with E-state index in [0.717, 1.165) is 21.7 Å². The quantitative estimate of drug-likeness (QED) is 0.443. The van der Waals surface area contributed by atoms with Crippen LogP contribution in [0.25, 0.3) is 21.7 Å². The van der Waals surface area contributed by atoms with Crippen LogP contribution >= 0.6 is 11.3 Å². The molecule has 3 aromatic carbocycles. The third kappa shape index (κ3) is 4.56. The average Bonchev–Trinajstić information content (AvgIpc) is 3.50. The average molecular weight is 458 g/mol.